The first-order chi connectivity index (χ1) is 11.3. The van der Waals surface area contributed by atoms with Crippen molar-refractivity contribution in [2.75, 3.05) is 31.4 Å². The van der Waals surface area contributed by atoms with Crippen LogP contribution in [0.5, 0.6) is 0 Å². The summed E-state index contributed by atoms with van der Waals surface area (Å²) in [5.74, 6) is 0.842. The molecule has 4 rings (SSSR count). The second-order valence-corrected chi connectivity index (χ2v) is 6.19. The molecule has 0 amide bonds. The number of aliphatic hydroxyl groups is 2. The SMILES string of the molecule is OCC1C[C@@H](O)[C@H](n2cnc3c2N(N[C@@H]2CCNC2)CN=C3)O1. The van der Waals surface area contributed by atoms with E-state index in [2.05, 4.69) is 20.7 Å². The topological polar surface area (TPSA) is 107 Å². The van der Waals surface area contributed by atoms with Gasteiger partial charge in [-0.05, 0) is 13.0 Å². The standard InChI is InChI=1S/C14H22N6O3/c21-6-10-3-12(22)14(23-10)19-8-17-11-5-16-7-20(13(11)19)18-9-1-2-15-4-9/h5,8-10,12,14-15,18,21-22H,1-4,6-7H2/t9-,10?,12-,14-/m1/s1. The second-order valence-electron chi connectivity index (χ2n) is 6.19. The largest absolute Gasteiger partial charge is 0.394 e. The number of nitrogens with one attached hydrogen (secondary N) is 2. The van der Waals surface area contributed by atoms with Gasteiger partial charge >= 0.3 is 0 Å². The van der Waals surface area contributed by atoms with Crippen LogP contribution in [0.3, 0.4) is 0 Å². The molecule has 9 nitrogen and oxygen atoms in total. The Bertz CT molecular complexity index is 585. The molecule has 0 aliphatic carbocycles. The number of fused-ring (bicyclic) bond motifs is 1. The van der Waals surface area contributed by atoms with Crippen molar-refractivity contribution in [2.45, 2.75) is 37.3 Å². The summed E-state index contributed by atoms with van der Waals surface area (Å²) in [7, 11) is 0. The monoisotopic (exact) mass is 322 g/mol. The normalized spacial score (nSPS) is 33.4. The van der Waals surface area contributed by atoms with Crippen LogP contribution in [-0.4, -0.2) is 70.6 Å². The maximum atomic E-state index is 10.3. The smallest absolute Gasteiger partial charge is 0.163 e. The highest BCUT2D eigenvalue weighted by Crippen LogP contribution is 2.33. The maximum Gasteiger partial charge on any atom is 0.163 e. The van der Waals surface area contributed by atoms with E-state index in [-0.39, 0.29) is 12.7 Å². The third-order valence-electron chi connectivity index (χ3n) is 4.53. The van der Waals surface area contributed by atoms with Crippen molar-refractivity contribution in [3.63, 3.8) is 0 Å². The molecule has 2 saturated heterocycles. The number of aliphatic imine (C=N–C) groups is 1. The van der Waals surface area contributed by atoms with E-state index in [9.17, 15) is 10.2 Å². The Morgan fingerprint density at radius 3 is 3.13 bits per heavy atom. The van der Waals surface area contributed by atoms with Gasteiger partial charge in [-0.25, -0.2) is 10.4 Å². The second kappa shape index (κ2) is 6.17. The fourth-order valence-corrected chi connectivity index (χ4v) is 3.38. The Labute approximate surface area is 133 Å². The van der Waals surface area contributed by atoms with Crippen molar-refractivity contribution in [1.29, 1.82) is 0 Å². The molecular weight excluding hydrogens is 300 g/mol. The molecule has 0 aromatic carbocycles. The highest BCUT2D eigenvalue weighted by Gasteiger charge is 2.37. The number of ether oxygens (including phenoxy) is 1. The van der Waals surface area contributed by atoms with Crippen molar-refractivity contribution in [3.05, 3.63) is 12.0 Å². The molecule has 4 heterocycles. The molecule has 0 radical (unpaired) electrons. The van der Waals surface area contributed by atoms with E-state index in [4.69, 9.17) is 4.74 Å². The van der Waals surface area contributed by atoms with Crippen LogP contribution in [0.1, 0.15) is 24.8 Å². The average molecular weight is 322 g/mol. The molecule has 0 saturated carbocycles. The van der Waals surface area contributed by atoms with Crippen LogP contribution in [0.25, 0.3) is 0 Å². The summed E-state index contributed by atoms with van der Waals surface area (Å²) in [6, 6.07) is 0.346. The number of nitrogens with zero attached hydrogens (tertiary/aromatic N) is 4. The number of hydrazine groups is 1. The first-order valence-corrected chi connectivity index (χ1v) is 8.01. The maximum absolute atomic E-state index is 10.3. The quantitative estimate of drug-likeness (QED) is 0.539. The summed E-state index contributed by atoms with van der Waals surface area (Å²) < 4.78 is 7.59. The Kier molecular flexibility index (Phi) is 4.04. The minimum absolute atomic E-state index is 0.0956. The van der Waals surface area contributed by atoms with Crippen LogP contribution >= 0.6 is 0 Å². The Morgan fingerprint density at radius 1 is 1.48 bits per heavy atom. The molecular formula is C14H22N6O3. The van der Waals surface area contributed by atoms with Gasteiger partial charge in [0, 0.05) is 19.0 Å². The summed E-state index contributed by atoms with van der Waals surface area (Å²) in [4.78, 5) is 8.71. The number of anilines is 1. The van der Waals surface area contributed by atoms with Crippen molar-refractivity contribution < 1.29 is 14.9 Å². The predicted molar refractivity (Wildman–Crippen MR) is 83.2 cm³/mol. The molecule has 0 spiro atoms. The number of rotatable bonds is 4. The predicted octanol–water partition coefficient (Wildman–Crippen LogP) is -1.41. The Balaban J connectivity index is 1.60. The van der Waals surface area contributed by atoms with E-state index >= 15 is 0 Å². The number of hydrogen-bond donors (Lipinski definition) is 4. The lowest BCUT2D eigenvalue weighted by Crippen LogP contribution is -2.48. The van der Waals surface area contributed by atoms with E-state index in [1.54, 1.807) is 12.5 Å². The zero-order valence-electron chi connectivity index (χ0n) is 12.8. The van der Waals surface area contributed by atoms with Gasteiger partial charge in [-0.3, -0.25) is 14.6 Å². The van der Waals surface area contributed by atoms with E-state index < -0.39 is 12.3 Å². The first kappa shape index (κ1) is 15.0. The summed E-state index contributed by atoms with van der Waals surface area (Å²) in [6.07, 6.45) is 3.32. The van der Waals surface area contributed by atoms with Crippen molar-refractivity contribution in [1.82, 2.24) is 20.3 Å². The molecule has 3 aliphatic heterocycles. The lowest BCUT2D eigenvalue weighted by Gasteiger charge is -2.31. The lowest BCUT2D eigenvalue weighted by molar-refractivity contribution is -0.0500. The van der Waals surface area contributed by atoms with Crippen LogP contribution in [0.2, 0.25) is 0 Å². The van der Waals surface area contributed by atoms with E-state index in [1.165, 1.54) is 0 Å². The van der Waals surface area contributed by atoms with Crippen LogP contribution in [0, 0.1) is 0 Å². The highest BCUT2D eigenvalue weighted by atomic mass is 16.5. The number of hydrogen-bond acceptors (Lipinski definition) is 8. The van der Waals surface area contributed by atoms with Gasteiger partial charge in [-0.15, -0.1) is 0 Å². The van der Waals surface area contributed by atoms with Crippen LogP contribution < -0.4 is 15.8 Å². The lowest BCUT2D eigenvalue weighted by atomic mass is 10.2. The molecule has 3 aliphatic rings. The Morgan fingerprint density at radius 2 is 2.39 bits per heavy atom. The average Bonchev–Trinajstić information content (AvgIpc) is 3.27. The molecule has 1 aromatic heterocycles. The first-order valence-electron chi connectivity index (χ1n) is 8.01. The number of aromatic nitrogens is 2. The summed E-state index contributed by atoms with van der Waals surface area (Å²) >= 11 is 0. The molecule has 4 atom stereocenters. The molecule has 2 fully saturated rings. The zero-order chi connectivity index (χ0) is 15.8. The van der Waals surface area contributed by atoms with Crippen LogP contribution in [0.15, 0.2) is 11.3 Å². The van der Waals surface area contributed by atoms with Gasteiger partial charge in [0.15, 0.2) is 12.0 Å². The van der Waals surface area contributed by atoms with Gasteiger partial charge in [0.25, 0.3) is 0 Å². The fourth-order valence-electron chi connectivity index (χ4n) is 3.38. The molecule has 1 aromatic rings. The minimum Gasteiger partial charge on any atom is -0.394 e. The molecule has 9 heteroatoms. The summed E-state index contributed by atoms with van der Waals surface area (Å²) in [6.45, 7) is 2.31. The summed E-state index contributed by atoms with van der Waals surface area (Å²) in [5, 5.41) is 24.8. The van der Waals surface area contributed by atoms with Gasteiger partial charge < -0.3 is 20.3 Å². The van der Waals surface area contributed by atoms with Gasteiger partial charge in [0.2, 0.25) is 0 Å². The van der Waals surface area contributed by atoms with Crippen LogP contribution in [0.4, 0.5) is 5.82 Å². The number of imidazole rings is 1. The van der Waals surface area contributed by atoms with Crippen LogP contribution in [-0.2, 0) is 4.74 Å². The van der Waals surface area contributed by atoms with Gasteiger partial charge in [-0.1, -0.05) is 0 Å². The molecule has 4 N–H and O–H groups in total. The summed E-state index contributed by atoms with van der Waals surface area (Å²) in [5.41, 5.74) is 4.22. The highest BCUT2D eigenvalue weighted by molar-refractivity contribution is 5.86. The van der Waals surface area contributed by atoms with E-state index in [0.717, 1.165) is 31.0 Å². The fraction of sp³-hybridized carbons (Fsp3) is 0.714. The molecule has 0 bridgehead atoms. The van der Waals surface area contributed by atoms with Gasteiger partial charge in [0.1, 0.15) is 18.5 Å². The van der Waals surface area contributed by atoms with Crippen molar-refractivity contribution in [3.8, 4) is 0 Å². The third-order valence-corrected chi connectivity index (χ3v) is 4.53. The van der Waals surface area contributed by atoms with Gasteiger partial charge in [0.05, 0.1) is 25.3 Å². The third kappa shape index (κ3) is 2.74. The van der Waals surface area contributed by atoms with E-state index in [1.807, 2.05) is 9.58 Å². The van der Waals surface area contributed by atoms with Crippen molar-refractivity contribution >= 4 is 12.0 Å². The van der Waals surface area contributed by atoms with E-state index in [0.29, 0.717) is 19.1 Å². The number of aliphatic hydroxyl groups excluding tert-OH is 2. The van der Waals surface area contributed by atoms with Gasteiger partial charge in [-0.2, -0.15) is 0 Å². The Hall–Kier alpha value is -1.52. The molecule has 126 valence electrons. The zero-order valence-corrected chi connectivity index (χ0v) is 12.8. The molecule has 23 heavy (non-hydrogen) atoms. The molecule has 1 unspecified atom stereocenters. The minimum atomic E-state index is -0.667. The van der Waals surface area contributed by atoms with Crippen molar-refractivity contribution in [2.24, 2.45) is 4.99 Å².